The third-order valence-corrected chi connectivity index (χ3v) is 3.36. The van der Waals surface area contributed by atoms with E-state index < -0.39 is 5.91 Å². The third-order valence-electron chi connectivity index (χ3n) is 3.36. The molecule has 4 heteroatoms. The SMILES string of the molecule is CC(C)=C1C(=O)Nc2cc(C/C=C(\C)C(N)=O)ccc21. The van der Waals surface area contributed by atoms with Gasteiger partial charge in [-0.05, 0) is 38.8 Å². The average molecular weight is 270 g/mol. The molecule has 1 aromatic carbocycles. The Morgan fingerprint density at radius 2 is 2.00 bits per heavy atom. The molecule has 3 N–H and O–H groups in total. The van der Waals surface area contributed by atoms with Crippen LogP contribution in [0.5, 0.6) is 0 Å². The summed E-state index contributed by atoms with van der Waals surface area (Å²) in [5.41, 5.74) is 10.3. The van der Waals surface area contributed by atoms with Crippen LogP contribution in [0.1, 0.15) is 31.9 Å². The molecule has 2 amide bonds. The zero-order valence-electron chi connectivity index (χ0n) is 11.9. The molecule has 20 heavy (non-hydrogen) atoms. The van der Waals surface area contributed by atoms with Crippen LogP contribution in [0.25, 0.3) is 5.57 Å². The summed E-state index contributed by atoms with van der Waals surface area (Å²) in [7, 11) is 0. The monoisotopic (exact) mass is 270 g/mol. The highest BCUT2D eigenvalue weighted by Gasteiger charge is 2.24. The van der Waals surface area contributed by atoms with Gasteiger partial charge < -0.3 is 11.1 Å². The number of hydrogen-bond donors (Lipinski definition) is 2. The van der Waals surface area contributed by atoms with E-state index in [2.05, 4.69) is 5.32 Å². The first-order valence-corrected chi connectivity index (χ1v) is 6.49. The third kappa shape index (κ3) is 2.64. The first-order chi connectivity index (χ1) is 9.40. The largest absolute Gasteiger partial charge is 0.366 e. The van der Waals surface area contributed by atoms with Gasteiger partial charge in [-0.1, -0.05) is 23.8 Å². The Hall–Kier alpha value is -2.36. The van der Waals surface area contributed by atoms with Crippen LogP contribution in [0.2, 0.25) is 0 Å². The molecule has 4 nitrogen and oxygen atoms in total. The highest BCUT2D eigenvalue weighted by atomic mass is 16.2. The topological polar surface area (TPSA) is 72.2 Å². The van der Waals surface area contributed by atoms with Crippen LogP contribution in [-0.4, -0.2) is 11.8 Å². The Morgan fingerprint density at radius 3 is 2.60 bits per heavy atom. The number of rotatable bonds is 3. The van der Waals surface area contributed by atoms with Gasteiger partial charge >= 0.3 is 0 Å². The van der Waals surface area contributed by atoms with Gasteiger partial charge in [0.2, 0.25) is 5.91 Å². The molecule has 2 rings (SSSR count). The fourth-order valence-corrected chi connectivity index (χ4v) is 2.21. The van der Waals surface area contributed by atoms with Crippen molar-refractivity contribution in [3.05, 3.63) is 46.5 Å². The fourth-order valence-electron chi connectivity index (χ4n) is 2.21. The van der Waals surface area contributed by atoms with Crippen molar-refractivity contribution >= 4 is 23.1 Å². The van der Waals surface area contributed by atoms with Gasteiger partial charge in [-0.15, -0.1) is 0 Å². The molecule has 1 heterocycles. The molecule has 0 bridgehead atoms. The number of amides is 2. The minimum Gasteiger partial charge on any atom is -0.366 e. The summed E-state index contributed by atoms with van der Waals surface area (Å²) in [4.78, 5) is 22.9. The van der Waals surface area contributed by atoms with Crippen LogP contribution in [0, 0.1) is 0 Å². The van der Waals surface area contributed by atoms with Crippen LogP contribution in [0.4, 0.5) is 5.69 Å². The maximum Gasteiger partial charge on any atom is 0.256 e. The lowest BCUT2D eigenvalue weighted by Crippen LogP contribution is -2.11. The standard InChI is InChI=1S/C16H18N2O2/c1-9(2)14-12-7-6-11(5-4-10(3)15(17)19)8-13(12)18-16(14)20/h4,6-8H,5H2,1-3H3,(H2,17,19)(H,18,20)/b10-4+. The first kappa shape index (κ1) is 14.1. The summed E-state index contributed by atoms with van der Waals surface area (Å²) in [5.74, 6) is -0.465. The van der Waals surface area contributed by atoms with E-state index in [1.165, 1.54) is 0 Å². The Morgan fingerprint density at radius 1 is 1.30 bits per heavy atom. The van der Waals surface area contributed by atoms with Crippen molar-refractivity contribution < 1.29 is 9.59 Å². The van der Waals surface area contributed by atoms with Gasteiger partial charge in [0, 0.05) is 22.4 Å². The summed E-state index contributed by atoms with van der Waals surface area (Å²) in [6, 6.07) is 5.85. The molecule has 0 fully saturated rings. The minimum absolute atomic E-state index is 0.0546. The molecule has 104 valence electrons. The molecule has 0 atom stereocenters. The second-order valence-electron chi connectivity index (χ2n) is 5.16. The summed E-state index contributed by atoms with van der Waals surface area (Å²) in [6.45, 7) is 5.55. The first-order valence-electron chi connectivity index (χ1n) is 6.49. The van der Waals surface area contributed by atoms with Gasteiger partial charge in [0.1, 0.15) is 0 Å². The molecule has 0 aliphatic carbocycles. The summed E-state index contributed by atoms with van der Waals surface area (Å²) in [6.07, 6.45) is 2.41. The summed E-state index contributed by atoms with van der Waals surface area (Å²) >= 11 is 0. The Bertz CT molecular complexity index is 650. The second-order valence-corrected chi connectivity index (χ2v) is 5.16. The van der Waals surface area contributed by atoms with Gasteiger partial charge in [0.15, 0.2) is 0 Å². The van der Waals surface area contributed by atoms with E-state index in [0.717, 1.165) is 28.0 Å². The van der Waals surface area contributed by atoms with Crippen molar-refractivity contribution in [1.29, 1.82) is 0 Å². The zero-order valence-corrected chi connectivity index (χ0v) is 11.9. The van der Waals surface area contributed by atoms with Crippen molar-refractivity contribution in [2.24, 2.45) is 5.73 Å². The Labute approximate surface area is 118 Å². The van der Waals surface area contributed by atoms with Crippen molar-refractivity contribution in [3.63, 3.8) is 0 Å². The smallest absolute Gasteiger partial charge is 0.256 e. The van der Waals surface area contributed by atoms with E-state index in [1.807, 2.05) is 32.0 Å². The van der Waals surface area contributed by atoms with E-state index in [0.29, 0.717) is 12.0 Å². The number of fused-ring (bicyclic) bond motifs is 1. The molecule has 0 radical (unpaired) electrons. The van der Waals surface area contributed by atoms with Gasteiger partial charge in [-0.3, -0.25) is 9.59 Å². The van der Waals surface area contributed by atoms with Crippen molar-refractivity contribution in [2.45, 2.75) is 27.2 Å². The zero-order chi connectivity index (χ0) is 14.9. The number of carbonyl (C=O) groups is 2. The number of nitrogens with one attached hydrogen (secondary N) is 1. The molecule has 0 saturated carbocycles. The number of carbonyl (C=O) groups excluding carboxylic acids is 2. The number of benzene rings is 1. The highest BCUT2D eigenvalue weighted by Crippen LogP contribution is 2.34. The molecular weight excluding hydrogens is 252 g/mol. The Balaban J connectivity index is 2.30. The molecule has 0 unspecified atom stereocenters. The van der Waals surface area contributed by atoms with Crippen molar-refractivity contribution in [1.82, 2.24) is 0 Å². The van der Waals surface area contributed by atoms with Gasteiger partial charge in [0.05, 0.1) is 0 Å². The molecule has 1 aliphatic rings. The quantitative estimate of drug-likeness (QED) is 0.828. The second kappa shape index (κ2) is 5.33. The average Bonchev–Trinajstić information content (AvgIpc) is 2.70. The van der Waals surface area contributed by atoms with E-state index in [4.69, 9.17) is 5.73 Å². The summed E-state index contributed by atoms with van der Waals surface area (Å²) < 4.78 is 0. The van der Waals surface area contributed by atoms with E-state index in [1.54, 1.807) is 13.0 Å². The number of anilines is 1. The lowest BCUT2D eigenvalue weighted by molar-refractivity contribution is -0.114. The number of hydrogen-bond acceptors (Lipinski definition) is 2. The fraction of sp³-hybridized carbons (Fsp3) is 0.250. The normalized spacial score (nSPS) is 14.1. The number of allylic oxidation sites excluding steroid dienone is 2. The van der Waals surface area contributed by atoms with Crippen LogP contribution in [0.15, 0.2) is 35.4 Å². The van der Waals surface area contributed by atoms with Crippen LogP contribution >= 0.6 is 0 Å². The highest BCUT2D eigenvalue weighted by molar-refractivity contribution is 6.32. The predicted octanol–water partition coefficient (Wildman–Crippen LogP) is 2.41. The van der Waals surface area contributed by atoms with E-state index in [-0.39, 0.29) is 5.91 Å². The maximum absolute atomic E-state index is 11.9. The molecule has 0 aromatic heterocycles. The van der Waals surface area contributed by atoms with Crippen LogP contribution < -0.4 is 11.1 Å². The van der Waals surface area contributed by atoms with E-state index >= 15 is 0 Å². The maximum atomic E-state index is 11.9. The summed E-state index contributed by atoms with van der Waals surface area (Å²) in [5, 5.41) is 2.87. The molecule has 1 aliphatic heterocycles. The van der Waals surface area contributed by atoms with Crippen molar-refractivity contribution in [3.8, 4) is 0 Å². The lowest BCUT2D eigenvalue weighted by Gasteiger charge is -2.03. The predicted molar refractivity (Wildman–Crippen MR) is 80.0 cm³/mol. The lowest BCUT2D eigenvalue weighted by atomic mass is 10.00. The number of nitrogens with two attached hydrogens (primary N) is 1. The van der Waals surface area contributed by atoms with E-state index in [9.17, 15) is 9.59 Å². The molecular formula is C16H18N2O2. The molecule has 1 aromatic rings. The Kier molecular flexibility index (Phi) is 3.74. The van der Waals surface area contributed by atoms with Gasteiger partial charge in [0.25, 0.3) is 5.91 Å². The van der Waals surface area contributed by atoms with Gasteiger partial charge in [-0.2, -0.15) is 0 Å². The number of primary amides is 1. The van der Waals surface area contributed by atoms with Crippen LogP contribution in [-0.2, 0) is 16.0 Å². The molecule has 0 spiro atoms. The van der Waals surface area contributed by atoms with Gasteiger partial charge in [-0.25, -0.2) is 0 Å². The van der Waals surface area contributed by atoms with Crippen LogP contribution in [0.3, 0.4) is 0 Å². The molecule has 0 saturated heterocycles. The minimum atomic E-state index is -0.411. The van der Waals surface area contributed by atoms with Crippen molar-refractivity contribution in [2.75, 3.05) is 5.32 Å².